The fraction of sp³-hybridized carbons (Fsp3) is 0.500. The molecule has 2 unspecified atom stereocenters. The fourth-order valence-corrected chi connectivity index (χ4v) is 4.01. The van der Waals surface area contributed by atoms with Gasteiger partial charge in [0.05, 0.1) is 23.9 Å². The summed E-state index contributed by atoms with van der Waals surface area (Å²) in [5, 5.41) is 0. The monoisotopic (exact) mass is 326 g/mol. The second kappa shape index (κ2) is 5.61. The van der Waals surface area contributed by atoms with E-state index in [-0.39, 0.29) is 18.0 Å². The molecule has 2 aromatic rings. The molecule has 0 radical (unpaired) electrons. The van der Waals surface area contributed by atoms with Crippen molar-refractivity contribution in [2.24, 2.45) is 0 Å². The number of carbonyl (C=O) groups is 1. The lowest BCUT2D eigenvalue weighted by Gasteiger charge is -2.41. The molecule has 2 saturated heterocycles. The molecule has 4 heterocycles. The molecular weight excluding hydrogens is 304 g/mol. The Morgan fingerprint density at radius 2 is 1.92 bits per heavy atom. The zero-order valence-electron chi connectivity index (χ0n) is 14.3. The van der Waals surface area contributed by atoms with Crippen LogP contribution in [0.5, 0.6) is 0 Å². The van der Waals surface area contributed by atoms with Crippen molar-refractivity contribution in [2.45, 2.75) is 45.7 Å². The van der Waals surface area contributed by atoms with E-state index in [9.17, 15) is 4.79 Å². The first-order valence-corrected chi connectivity index (χ1v) is 8.46. The molecule has 0 aromatic carbocycles. The number of furan rings is 1. The third kappa shape index (κ3) is 2.37. The van der Waals surface area contributed by atoms with E-state index in [1.54, 1.807) is 12.5 Å². The minimum atomic E-state index is 0.107. The third-order valence-electron chi connectivity index (χ3n) is 5.15. The summed E-state index contributed by atoms with van der Waals surface area (Å²) in [5.74, 6) is 1.59. The van der Waals surface area contributed by atoms with Crippen LogP contribution in [0, 0.1) is 20.8 Å². The van der Waals surface area contributed by atoms with Gasteiger partial charge in [0.15, 0.2) is 0 Å². The fourth-order valence-electron chi connectivity index (χ4n) is 4.01. The highest BCUT2D eigenvalue weighted by atomic mass is 16.3. The van der Waals surface area contributed by atoms with Crippen molar-refractivity contribution in [1.29, 1.82) is 0 Å². The van der Waals surface area contributed by atoms with Gasteiger partial charge >= 0.3 is 0 Å². The largest absolute Gasteiger partial charge is 0.469 e. The first-order chi connectivity index (χ1) is 11.5. The molecule has 0 aliphatic carbocycles. The Bertz CT molecular complexity index is 752. The van der Waals surface area contributed by atoms with Gasteiger partial charge in [0.25, 0.3) is 5.91 Å². The predicted molar refractivity (Wildman–Crippen MR) is 90.1 cm³/mol. The molecule has 2 aliphatic rings. The second-order valence-electron chi connectivity index (χ2n) is 6.85. The van der Waals surface area contributed by atoms with Crippen LogP contribution in [0.1, 0.15) is 40.2 Å². The van der Waals surface area contributed by atoms with E-state index >= 15 is 0 Å². The molecule has 2 aromatic heterocycles. The maximum Gasteiger partial charge on any atom is 0.258 e. The summed E-state index contributed by atoms with van der Waals surface area (Å²) >= 11 is 0. The number of aryl methyl sites for hydroxylation is 3. The van der Waals surface area contributed by atoms with Crippen LogP contribution in [0.25, 0.3) is 0 Å². The molecule has 2 atom stereocenters. The first-order valence-electron chi connectivity index (χ1n) is 8.46. The molecule has 0 saturated carbocycles. The lowest BCUT2D eigenvalue weighted by atomic mass is 10.1. The van der Waals surface area contributed by atoms with Crippen LogP contribution in [0.2, 0.25) is 0 Å². The van der Waals surface area contributed by atoms with E-state index in [1.165, 1.54) is 0 Å². The van der Waals surface area contributed by atoms with Crippen LogP contribution < -0.4 is 4.90 Å². The van der Waals surface area contributed by atoms with E-state index in [4.69, 9.17) is 4.42 Å². The number of rotatable bonds is 2. The number of aromatic nitrogens is 2. The van der Waals surface area contributed by atoms with Crippen molar-refractivity contribution >= 4 is 11.9 Å². The molecule has 2 aliphatic heterocycles. The van der Waals surface area contributed by atoms with E-state index in [0.29, 0.717) is 5.76 Å². The summed E-state index contributed by atoms with van der Waals surface area (Å²) in [6.45, 7) is 7.36. The van der Waals surface area contributed by atoms with Crippen molar-refractivity contribution in [3.05, 3.63) is 41.1 Å². The Morgan fingerprint density at radius 3 is 2.50 bits per heavy atom. The van der Waals surface area contributed by atoms with Gasteiger partial charge in [-0.1, -0.05) is 0 Å². The SMILES string of the molecule is Cc1ccnc(N2CC3CCC(C2)N3C(=O)c2c(C)coc2C)n1. The van der Waals surface area contributed by atoms with Gasteiger partial charge in [-0.15, -0.1) is 0 Å². The Labute approximate surface area is 141 Å². The lowest BCUT2D eigenvalue weighted by molar-refractivity contribution is 0.0638. The van der Waals surface area contributed by atoms with Crippen LogP contribution in [0.15, 0.2) is 22.9 Å². The minimum Gasteiger partial charge on any atom is -0.469 e. The maximum absolute atomic E-state index is 13.1. The van der Waals surface area contributed by atoms with E-state index in [0.717, 1.165) is 48.7 Å². The molecule has 2 fully saturated rings. The average Bonchev–Trinajstić information content (AvgIpc) is 3.03. The van der Waals surface area contributed by atoms with Crippen LogP contribution in [0.3, 0.4) is 0 Å². The summed E-state index contributed by atoms with van der Waals surface area (Å²) in [6, 6.07) is 2.34. The number of hydrogen-bond acceptors (Lipinski definition) is 5. The van der Waals surface area contributed by atoms with Gasteiger partial charge in [0.2, 0.25) is 5.95 Å². The van der Waals surface area contributed by atoms with Crippen molar-refractivity contribution in [1.82, 2.24) is 14.9 Å². The Hall–Kier alpha value is -2.37. The Morgan fingerprint density at radius 1 is 1.21 bits per heavy atom. The molecule has 126 valence electrons. The van der Waals surface area contributed by atoms with Crippen molar-refractivity contribution in [3.63, 3.8) is 0 Å². The Balaban J connectivity index is 1.58. The number of anilines is 1. The number of piperazine rings is 1. The molecule has 0 N–H and O–H groups in total. The van der Waals surface area contributed by atoms with Crippen LogP contribution in [-0.4, -0.2) is 45.9 Å². The number of amides is 1. The molecular formula is C18H22N4O2. The van der Waals surface area contributed by atoms with Gasteiger partial charge in [-0.05, 0) is 39.7 Å². The van der Waals surface area contributed by atoms with E-state index in [2.05, 4.69) is 19.8 Å². The van der Waals surface area contributed by atoms with Gasteiger partial charge < -0.3 is 14.2 Å². The normalized spacial score (nSPS) is 23.0. The summed E-state index contributed by atoms with van der Waals surface area (Å²) in [7, 11) is 0. The number of hydrogen-bond donors (Lipinski definition) is 0. The summed E-state index contributed by atoms with van der Waals surface area (Å²) < 4.78 is 5.42. The third-order valence-corrected chi connectivity index (χ3v) is 5.15. The van der Waals surface area contributed by atoms with Gasteiger partial charge in [0, 0.05) is 30.5 Å². The molecule has 2 bridgehead atoms. The smallest absolute Gasteiger partial charge is 0.258 e. The molecule has 4 rings (SSSR count). The summed E-state index contributed by atoms with van der Waals surface area (Å²) in [6.07, 6.45) is 5.54. The topological polar surface area (TPSA) is 62.5 Å². The lowest BCUT2D eigenvalue weighted by Crippen LogP contribution is -2.56. The number of fused-ring (bicyclic) bond motifs is 2. The zero-order chi connectivity index (χ0) is 16.8. The van der Waals surface area contributed by atoms with Crippen LogP contribution in [0.4, 0.5) is 5.95 Å². The zero-order valence-corrected chi connectivity index (χ0v) is 14.3. The highest BCUT2D eigenvalue weighted by Crippen LogP contribution is 2.34. The van der Waals surface area contributed by atoms with E-state index in [1.807, 2.05) is 26.8 Å². The quantitative estimate of drug-likeness (QED) is 0.848. The average molecular weight is 326 g/mol. The summed E-state index contributed by atoms with van der Waals surface area (Å²) in [4.78, 5) is 26.3. The summed E-state index contributed by atoms with van der Waals surface area (Å²) in [5.41, 5.74) is 2.61. The second-order valence-corrected chi connectivity index (χ2v) is 6.85. The Kier molecular flexibility index (Phi) is 3.55. The van der Waals surface area contributed by atoms with Crippen LogP contribution in [-0.2, 0) is 0 Å². The molecule has 24 heavy (non-hydrogen) atoms. The predicted octanol–water partition coefficient (Wildman–Crippen LogP) is 2.49. The van der Waals surface area contributed by atoms with Gasteiger partial charge in [0.1, 0.15) is 5.76 Å². The van der Waals surface area contributed by atoms with Gasteiger partial charge in [-0.25, -0.2) is 9.97 Å². The van der Waals surface area contributed by atoms with E-state index < -0.39 is 0 Å². The molecule has 1 amide bonds. The highest BCUT2D eigenvalue weighted by molar-refractivity contribution is 5.97. The van der Waals surface area contributed by atoms with Crippen molar-refractivity contribution < 1.29 is 9.21 Å². The molecule has 6 heteroatoms. The highest BCUT2D eigenvalue weighted by Gasteiger charge is 2.44. The van der Waals surface area contributed by atoms with Crippen molar-refractivity contribution in [3.8, 4) is 0 Å². The number of nitrogens with zero attached hydrogens (tertiary/aromatic N) is 4. The van der Waals surface area contributed by atoms with Gasteiger partial charge in [-0.3, -0.25) is 4.79 Å². The molecule has 0 spiro atoms. The first kappa shape index (κ1) is 15.2. The van der Waals surface area contributed by atoms with Gasteiger partial charge in [-0.2, -0.15) is 0 Å². The standard InChI is InChI=1S/C18H22N4O2/c1-11-10-24-13(3)16(11)17(23)22-14-4-5-15(22)9-21(8-14)18-19-7-6-12(2)20-18/h6-7,10,14-15H,4-5,8-9H2,1-3H3. The minimum absolute atomic E-state index is 0.107. The van der Waals surface area contributed by atoms with Crippen LogP contribution >= 0.6 is 0 Å². The van der Waals surface area contributed by atoms with Crippen molar-refractivity contribution in [2.75, 3.05) is 18.0 Å². The molecule has 6 nitrogen and oxygen atoms in total. The number of carbonyl (C=O) groups excluding carboxylic acids is 1. The maximum atomic E-state index is 13.1.